The summed E-state index contributed by atoms with van der Waals surface area (Å²) in [5, 5.41) is 16.2. The largest absolute Gasteiger partial charge is 0.387 e. The number of hydrogen-bond acceptors (Lipinski definition) is 3. The predicted octanol–water partition coefficient (Wildman–Crippen LogP) is 2.75. The molecule has 1 aromatic carbocycles. The first-order valence-electron chi connectivity index (χ1n) is 6.59. The van der Waals surface area contributed by atoms with E-state index in [0.717, 1.165) is 6.42 Å². The summed E-state index contributed by atoms with van der Waals surface area (Å²) in [6.07, 6.45) is -0.155. The van der Waals surface area contributed by atoms with Crippen LogP contribution < -0.4 is 10.6 Å². The van der Waals surface area contributed by atoms with E-state index in [-0.39, 0.29) is 18.6 Å². The fourth-order valence-electron chi connectivity index (χ4n) is 1.72. The third kappa shape index (κ3) is 7.00. The third-order valence-electron chi connectivity index (χ3n) is 2.86. The van der Waals surface area contributed by atoms with Crippen molar-refractivity contribution in [2.75, 3.05) is 20.3 Å². The molecule has 0 aromatic heterocycles. The van der Waals surface area contributed by atoms with Gasteiger partial charge in [0.1, 0.15) is 0 Å². The fourth-order valence-corrected chi connectivity index (χ4v) is 2.26. The quantitative estimate of drug-likeness (QED) is 0.718. The van der Waals surface area contributed by atoms with Crippen molar-refractivity contribution >= 4 is 29.2 Å². The maximum Gasteiger partial charge on any atom is 0.315 e. The SMILES string of the molecule is COCCC(C)NC(=O)NCC(O)c1cc(Cl)cc(Cl)c1. The van der Waals surface area contributed by atoms with Crippen LogP contribution in [-0.2, 0) is 4.74 Å². The molecule has 5 nitrogen and oxygen atoms in total. The maximum atomic E-state index is 11.7. The molecule has 0 bridgehead atoms. The van der Waals surface area contributed by atoms with Crippen LogP contribution in [0.25, 0.3) is 0 Å². The lowest BCUT2D eigenvalue weighted by atomic mass is 10.1. The molecule has 0 saturated heterocycles. The van der Waals surface area contributed by atoms with Gasteiger partial charge in [0.25, 0.3) is 0 Å². The van der Waals surface area contributed by atoms with E-state index >= 15 is 0 Å². The summed E-state index contributed by atoms with van der Waals surface area (Å²) < 4.78 is 4.94. The standard InChI is InChI=1S/C14H20Cl2N2O3/c1-9(3-4-21-2)18-14(20)17-8-13(19)10-5-11(15)7-12(16)6-10/h5-7,9,13,19H,3-4,8H2,1-2H3,(H2,17,18,20). The van der Waals surface area contributed by atoms with Gasteiger partial charge in [0.15, 0.2) is 0 Å². The second-order valence-electron chi connectivity index (χ2n) is 4.76. The van der Waals surface area contributed by atoms with Crippen LogP contribution in [0.4, 0.5) is 4.79 Å². The molecule has 1 aromatic rings. The van der Waals surface area contributed by atoms with E-state index in [1.807, 2.05) is 6.92 Å². The highest BCUT2D eigenvalue weighted by atomic mass is 35.5. The van der Waals surface area contributed by atoms with Crippen molar-refractivity contribution in [3.63, 3.8) is 0 Å². The molecule has 118 valence electrons. The molecular weight excluding hydrogens is 315 g/mol. The lowest BCUT2D eigenvalue weighted by Gasteiger charge is -2.16. The number of aliphatic hydroxyl groups excluding tert-OH is 1. The van der Waals surface area contributed by atoms with E-state index in [0.29, 0.717) is 22.2 Å². The summed E-state index contributed by atoms with van der Waals surface area (Å²) in [5.41, 5.74) is 0.556. The lowest BCUT2D eigenvalue weighted by molar-refractivity contribution is 0.169. The van der Waals surface area contributed by atoms with Crippen LogP contribution in [0.3, 0.4) is 0 Å². The number of urea groups is 1. The minimum absolute atomic E-state index is 0.0114. The van der Waals surface area contributed by atoms with Gasteiger partial charge in [0, 0.05) is 36.3 Å². The van der Waals surface area contributed by atoms with Crippen LogP contribution in [-0.4, -0.2) is 37.4 Å². The molecule has 0 aliphatic rings. The van der Waals surface area contributed by atoms with E-state index in [2.05, 4.69) is 10.6 Å². The van der Waals surface area contributed by atoms with Gasteiger partial charge in [-0.15, -0.1) is 0 Å². The summed E-state index contributed by atoms with van der Waals surface area (Å²) in [4.78, 5) is 11.7. The van der Waals surface area contributed by atoms with Crippen molar-refractivity contribution in [2.24, 2.45) is 0 Å². The zero-order chi connectivity index (χ0) is 15.8. The molecule has 0 aliphatic heterocycles. The number of methoxy groups -OCH3 is 1. The van der Waals surface area contributed by atoms with E-state index < -0.39 is 6.10 Å². The molecule has 0 fully saturated rings. The second kappa shape index (κ2) is 9.10. The zero-order valence-corrected chi connectivity index (χ0v) is 13.5. The molecule has 0 aliphatic carbocycles. The minimum atomic E-state index is -0.874. The molecule has 1 rings (SSSR count). The summed E-state index contributed by atoms with van der Waals surface area (Å²) >= 11 is 11.7. The Labute approximate surface area is 134 Å². The average Bonchev–Trinajstić information content (AvgIpc) is 2.41. The van der Waals surface area contributed by atoms with Crippen molar-refractivity contribution in [1.29, 1.82) is 0 Å². The van der Waals surface area contributed by atoms with Crippen molar-refractivity contribution in [3.05, 3.63) is 33.8 Å². The van der Waals surface area contributed by atoms with Crippen molar-refractivity contribution in [1.82, 2.24) is 10.6 Å². The summed E-state index contributed by atoms with van der Waals surface area (Å²) in [6, 6.07) is 4.45. The highest BCUT2D eigenvalue weighted by Gasteiger charge is 2.12. The van der Waals surface area contributed by atoms with Gasteiger partial charge < -0.3 is 20.5 Å². The van der Waals surface area contributed by atoms with Gasteiger partial charge in [0.05, 0.1) is 6.10 Å². The number of rotatable bonds is 7. The number of nitrogens with one attached hydrogen (secondary N) is 2. The summed E-state index contributed by atoms with van der Waals surface area (Å²) in [6.45, 7) is 2.52. The Bertz CT molecular complexity index is 451. The van der Waals surface area contributed by atoms with E-state index in [1.54, 1.807) is 25.3 Å². The molecule has 21 heavy (non-hydrogen) atoms. The molecule has 3 N–H and O–H groups in total. The molecule has 0 spiro atoms. The summed E-state index contributed by atoms with van der Waals surface area (Å²) in [5.74, 6) is 0. The number of benzene rings is 1. The predicted molar refractivity (Wildman–Crippen MR) is 83.9 cm³/mol. The average molecular weight is 335 g/mol. The number of carbonyl (C=O) groups is 1. The molecule has 0 radical (unpaired) electrons. The van der Waals surface area contributed by atoms with Gasteiger partial charge in [-0.2, -0.15) is 0 Å². The summed E-state index contributed by atoms with van der Waals surface area (Å²) in [7, 11) is 1.61. The topological polar surface area (TPSA) is 70.6 Å². The van der Waals surface area contributed by atoms with Crippen LogP contribution in [0.1, 0.15) is 25.0 Å². The number of aliphatic hydroxyl groups is 1. The van der Waals surface area contributed by atoms with Gasteiger partial charge in [-0.3, -0.25) is 0 Å². The maximum absolute atomic E-state index is 11.7. The Hall–Kier alpha value is -1.01. The second-order valence-corrected chi connectivity index (χ2v) is 5.63. The van der Waals surface area contributed by atoms with E-state index in [9.17, 15) is 9.90 Å². The Morgan fingerprint density at radius 2 is 1.95 bits per heavy atom. The number of ether oxygens (including phenoxy) is 1. The van der Waals surface area contributed by atoms with Crippen molar-refractivity contribution < 1.29 is 14.6 Å². The van der Waals surface area contributed by atoms with Crippen molar-refractivity contribution in [3.8, 4) is 0 Å². The Morgan fingerprint density at radius 3 is 2.52 bits per heavy atom. The highest BCUT2D eigenvalue weighted by molar-refractivity contribution is 6.34. The number of carbonyl (C=O) groups excluding carboxylic acids is 1. The van der Waals surface area contributed by atoms with Crippen LogP contribution in [0.5, 0.6) is 0 Å². The Morgan fingerprint density at radius 1 is 1.33 bits per heavy atom. The van der Waals surface area contributed by atoms with Gasteiger partial charge >= 0.3 is 6.03 Å². The number of halogens is 2. The molecule has 2 unspecified atom stereocenters. The normalized spacial score (nSPS) is 13.6. The van der Waals surface area contributed by atoms with Crippen LogP contribution in [0.15, 0.2) is 18.2 Å². The molecular formula is C14H20Cl2N2O3. The van der Waals surface area contributed by atoms with Crippen molar-refractivity contribution in [2.45, 2.75) is 25.5 Å². The molecule has 0 saturated carbocycles. The van der Waals surface area contributed by atoms with Gasteiger partial charge in [-0.1, -0.05) is 23.2 Å². The molecule has 0 heterocycles. The monoisotopic (exact) mass is 334 g/mol. The molecule has 2 atom stereocenters. The van der Waals surface area contributed by atoms with Crippen LogP contribution >= 0.6 is 23.2 Å². The first kappa shape index (κ1) is 18.0. The molecule has 2 amide bonds. The zero-order valence-electron chi connectivity index (χ0n) is 12.0. The van der Waals surface area contributed by atoms with Gasteiger partial charge in [-0.25, -0.2) is 4.79 Å². The minimum Gasteiger partial charge on any atom is -0.387 e. The smallest absolute Gasteiger partial charge is 0.315 e. The third-order valence-corrected chi connectivity index (χ3v) is 3.29. The fraction of sp³-hybridized carbons (Fsp3) is 0.500. The molecule has 7 heteroatoms. The first-order chi connectivity index (χ1) is 9.92. The van der Waals surface area contributed by atoms with Crippen LogP contribution in [0, 0.1) is 0 Å². The van der Waals surface area contributed by atoms with E-state index in [4.69, 9.17) is 27.9 Å². The van der Waals surface area contributed by atoms with Gasteiger partial charge in [-0.05, 0) is 37.1 Å². The Kier molecular flexibility index (Phi) is 7.82. The number of hydrogen-bond donors (Lipinski definition) is 3. The van der Waals surface area contributed by atoms with Crippen LogP contribution in [0.2, 0.25) is 10.0 Å². The number of amides is 2. The van der Waals surface area contributed by atoms with E-state index in [1.165, 1.54) is 0 Å². The highest BCUT2D eigenvalue weighted by Crippen LogP contribution is 2.23. The first-order valence-corrected chi connectivity index (χ1v) is 7.35. The Balaban J connectivity index is 2.41. The van der Waals surface area contributed by atoms with Gasteiger partial charge in [0.2, 0.25) is 0 Å². The lowest BCUT2D eigenvalue weighted by Crippen LogP contribution is -2.42.